The highest BCUT2D eigenvalue weighted by molar-refractivity contribution is 8.16. The highest BCUT2D eigenvalue weighted by atomic mass is 35.5. The van der Waals surface area contributed by atoms with Crippen LogP contribution in [0.4, 0.5) is 0 Å². The fourth-order valence-electron chi connectivity index (χ4n) is 7.08. The van der Waals surface area contributed by atoms with E-state index in [-0.39, 0.29) is 0 Å². The molecule has 3 aliphatic rings. The van der Waals surface area contributed by atoms with E-state index >= 15 is 0 Å². The summed E-state index contributed by atoms with van der Waals surface area (Å²) >= 11 is 11.0. The molecule has 0 nitrogen and oxygen atoms in total. The van der Waals surface area contributed by atoms with Gasteiger partial charge in [-0.3, -0.25) is 0 Å². The molecule has 0 N–H and O–H groups in total. The molecule has 8 rings (SSSR count). The molecular formula is C46H36ClS2+. The lowest BCUT2D eigenvalue weighted by Gasteiger charge is -2.24. The molecule has 1 aliphatic heterocycles. The summed E-state index contributed by atoms with van der Waals surface area (Å²) in [5, 5.41) is 0.932. The molecule has 0 spiro atoms. The molecule has 1 fully saturated rings. The van der Waals surface area contributed by atoms with Gasteiger partial charge in [0.1, 0.15) is 0 Å². The minimum Gasteiger partial charge on any atom is -0.0888 e. The third-order valence-corrected chi connectivity index (χ3v) is 12.3. The fraction of sp³-hybridized carbons (Fsp3) is 0.109. The van der Waals surface area contributed by atoms with Crippen molar-refractivity contribution in [2.24, 2.45) is 11.8 Å². The van der Waals surface area contributed by atoms with Crippen molar-refractivity contribution in [2.75, 3.05) is 0 Å². The van der Waals surface area contributed by atoms with Gasteiger partial charge in [-0.2, -0.15) is 0 Å². The Morgan fingerprint density at radius 2 is 1.06 bits per heavy atom. The number of hydrogen-bond acceptors (Lipinski definition) is 1. The van der Waals surface area contributed by atoms with E-state index in [1.54, 1.807) is 0 Å². The number of benzene rings is 4. The third kappa shape index (κ3) is 7.14. The first-order valence-electron chi connectivity index (χ1n) is 17.0. The van der Waals surface area contributed by atoms with E-state index in [0.717, 1.165) is 5.03 Å². The van der Waals surface area contributed by atoms with Crippen LogP contribution in [0.15, 0.2) is 186 Å². The monoisotopic (exact) mass is 687 g/mol. The molecule has 2 heterocycles. The van der Waals surface area contributed by atoms with Crippen LogP contribution in [0.3, 0.4) is 0 Å². The topological polar surface area (TPSA) is 0 Å². The van der Waals surface area contributed by atoms with E-state index in [4.69, 9.17) is 11.6 Å². The largest absolute Gasteiger partial charge is 0.239 e. The van der Waals surface area contributed by atoms with E-state index in [2.05, 4.69) is 170 Å². The minimum atomic E-state index is 0.507. The molecule has 2 bridgehead atoms. The average Bonchev–Trinajstić information content (AvgIpc) is 3.61. The lowest BCUT2D eigenvalue weighted by atomic mass is 9.84. The molecule has 2 unspecified atom stereocenters. The second-order valence-electron chi connectivity index (χ2n) is 12.8. The second-order valence-corrected chi connectivity index (χ2v) is 15.3. The quantitative estimate of drug-likeness (QED) is 0.153. The maximum atomic E-state index is 7.36. The molecule has 4 aromatic carbocycles. The van der Waals surface area contributed by atoms with E-state index in [1.807, 2.05) is 23.1 Å². The zero-order valence-electron chi connectivity index (χ0n) is 27.1. The van der Waals surface area contributed by atoms with Gasteiger partial charge in [0, 0.05) is 38.1 Å². The van der Waals surface area contributed by atoms with Gasteiger partial charge < -0.3 is 0 Å². The Hall–Kier alpha value is -4.47. The van der Waals surface area contributed by atoms with Gasteiger partial charge in [0.25, 0.3) is 0 Å². The van der Waals surface area contributed by atoms with Crippen LogP contribution < -0.4 is 0 Å². The van der Waals surface area contributed by atoms with Crippen molar-refractivity contribution in [1.82, 2.24) is 0 Å². The van der Waals surface area contributed by atoms with Gasteiger partial charge in [-0.1, -0.05) is 145 Å². The fourth-order valence-corrected chi connectivity index (χ4v) is 9.78. The standard InChI is InChI=1S/C46H36ClS2/c47-46-40(25-21-32-27-42(34-13-5-1-6-14-34)48-43(28-32)35-15-7-2-8-16-35)38-23-24-39(31-38)41(46)26-22-33-29-44(36-17-9-3-10-18-36)49-45(30-33)37-19-11-4-12-20-37/h1-22,25-30,38-39H,23-24,31H2/q+1. The molecule has 0 amide bonds. The molecule has 5 aromatic rings. The highest BCUT2D eigenvalue weighted by Gasteiger charge is 2.36. The number of hydrogen-bond donors (Lipinski definition) is 0. The summed E-state index contributed by atoms with van der Waals surface area (Å²) in [7, 11) is 0. The van der Waals surface area contributed by atoms with Crippen LogP contribution in [0.1, 0.15) is 36.0 Å². The average molecular weight is 688 g/mol. The van der Waals surface area contributed by atoms with Crippen molar-refractivity contribution in [3.63, 3.8) is 0 Å². The van der Waals surface area contributed by atoms with Crippen molar-refractivity contribution in [2.45, 2.75) is 19.3 Å². The SMILES string of the molecule is ClC1=C(/C=C/c2cc(-c3ccccc3)[s+]c(-c3ccccc3)c2)C2CCC(C2)/C1=C\C=C1C=C(c2ccccc2)SC(c2ccccc2)=C1. The first-order chi connectivity index (χ1) is 24.2. The summed E-state index contributed by atoms with van der Waals surface area (Å²) in [5.41, 5.74) is 9.88. The molecule has 1 aromatic heterocycles. The van der Waals surface area contributed by atoms with E-state index in [0.29, 0.717) is 11.8 Å². The number of halogens is 1. The Kier molecular flexibility index (Phi) is 9.44. The predicted octanol–water partition coefficient (Wildman–Crippen LogP) is 14.0. The maximum Gasteiger partial charge on any atom is 0.239 e. The first kappa shape index (κ1) is 31.8. The summed E-state index contributed by atoms with van der Waals surface area (Å²) in [4.78, 5) is 5.04. The first-order valence-corrected chi connectivity index (χ1v) is 19.0. The van der Waals surface area contributed by atoms with Gasteiger partial charge in [-0.25, -0.2) is 0 Å². The second kappa shape index (κ2) is 14.6. The molecular weight excluding hydrogens is 652 g/mol. The van der Waals surface area contributed by atoms with Crippen molar-refractivity contribution < 1.29 is 0 Å². The summed E-state index contributed by atoms with van der Waals surface area (Å²) in [6.07, 6.45) is 17.3. The molecule has 2 aliphatic carbocycles. The Morgan fingerprint density at radius 1 is 0.571 bits per heavy atom. The van der Waals surface area contributed by atoms with Gasteiger partial charge in [0.05, 0.1) is 0 Å². The van der Waals surface area contributed by atoms with E-state index < -0.39 is 0 Å². The molecule has 238 valence electrons. The number of allylic oxidation sites excluding steroid dienone is 9. The maximum absolute atomic E-state index is 7.36. The number of thioether (sulfide) groups is 1. The van der Waals surface area contributed by atoms with Gasteiger partial charge in [0.15, 0.2) is 0 Å². The molecule has 0 saturated heterocycles. The molecule has 3 heteroatoms. The summed E-state index contributed by atoms with van der Waals surface area (Å²) in [6.45, 7) is 0. The van der Waals surface area contributed by atoms with E-state index in [9.17, 15) is 0 Å². The van der Waals surface area contributed by atoms with Crippen molar-refractivity contribution in [3.8, 4) is 20.9 Å². The smallest absolute Gasteiger partial charge is 0.0888 e. The lowest BCUT2D eigenvalue weighted by molar-refractivity contribution is 0.581. The van der Waals surface area contributed by atoms with Crippen molar-refractivity contribution >= 4 is 50.6 Å². The third-order valence-electron chi connectivity index (χ3n) is 9.59. The molecule has 49 heavy (non-hydrogen) atoms. The van der Waals surface area contributed by atoms with Crippen LogP contribution >= 0.6 is 34.7 Å². The molecule has 2 atom stereocenters. The normalized spacial score (nSPS) is 19.7. The lowest BCUT2D eigenvalue weighted by Crippen LogP contribution is -2.11. The van der Waals surface area contributed by atoms with Crippen LogP contribution in [0.2, 0.25) is 0 Å². The Balaban J connectivity index is 1.16. The molecule has 0 radical (unpaired) electrons. The van der Waals surface area contributed by atoms with Crippen molar-refractivity contribution in [1.29, 1.82) is 0 Å². The Labute approximate surface area is 303 Å². The van der Waals surface area contributed by atoms with Crippen LogP contribution in [-0.2, 0) is 0 Å². The van der Waals surface area contributed by atoms with Gasteiger partial charge in [0.2, 0.25) is 21.1 Å². The Bertz CT molecular complexity index is 2040. The van der Waals surface area contributed by atoms with Gasteiger partial charge in [-0.05, 0) is 101 Å². The van der Waals surface area contributed by atoms with Gasteiger partial charge >= 0.3 is 0 Å². The highest BCUT2D eigenvalue weighted by Crippen LogP contribution is 2.50. The Morgan fingerprint density at radius 3 is 1.59 bits per heavy atom. The summed E-state index contributed by atoms with van der Waals surface area (Å²) in [6, 6.07) is 47.4. The van der Waals surface area contributed by atoms with Crippen LogP contribution in [0.5, 0.6) is 0 Å². The van der Waals surface area contributed by atoms with Crippen LogP contribution in [0.25, 0.3) is 36.8 Å². The zero-order valence-corrected chi connectivity index (χ0v) is 29.5. The number of fused-ring (bicyclic) bond motifs is 2. The summed E-state index contributed by atoms with van der Waals surface area (Å²) in [5.74, 6) is 1.01. The van der Waals surface area contributed by atoms with Crippen LogP contribution in [0, 0.1) is 11.8 Å². The summed E-state index contributed by atoms with van der Waals surface area (Å²) < 4.78 is 0. The van der Waals surface area contributed by atoms with Crippen molar-refractivity contribution in [3.05, 3.63) is 202 Å². The predicted molar refractivity (Wildman–Crippen MR) is 215 cm³/mol. The molecule has 1 saturated carbocycles. The van der Waals surface area contributed by atoms with Crippen LogP contribution in [-0.4, -0.2) is 0 Å². The van der Waals surface area contributed by atoms with Gasteiger partial charge in [-0.15, -0.1) is 0 Å². The zero-order chi connectivity index (χ0) is 33.0. The number of rotatable bonds is 7. The minimum absolute atomic E-state index is 0.507. The van der Waals surface area contributed by atoms with E-state index in [1.165, 1.54) is 83.4 Å².